The van der Waals surface area contributed by atoms with E-state index in [1.807, 2.05) is 0 Å². The largest absolute Gasteiger partial charge is 0.462 e. The number of halogens is 6. The fraction of sp³-hybridized carbons (Fsp3) is 0.208. The summed E-state index contributed by atoms with van der Waals surface area (Å²) in [6, 6.07) is 8.16. The number of urea groups is 1. The van der Waals surface area contributed by atoms with Crippen LogP contribution in [0, 0.1) is 0 Å². The van der Waals surface area contributed by atoms with Crippen molar-refractivity contribution in [3.05, 3.63) is 94.8 Å². The molecule has 2 N–H and O–H groups in total. The number of esters is 1. The Balaban J connectivity index is 1.91. The lowest BCUT2D eigenvalue weighted by Crippen LogP contribution is -2.35. The first-order chi connectivity index (χ1) is 16.9. The van der Waals surface area contributed by atoms with Crippen molar-refractivity contribution in [2.75, 3.05) is 11.9 Å². The number of rotatable bonds is 6. The molecule has 0 aliphatic carbocycles. The number of carbonyl (C=O) groups is 2. The molecule has 1 atom stereocenters. The number of hydrogen-bond acceptors (Lipinski definition) is 4. The van der Waals surface area contributed by atoms with Crippen LogP contribution in [0.4, 0.5) is 36.8 Å². The quantitative estimate of drug-likeness (QED) is 0.305. The molecule has 1 aromatic heterocycles. The molecule has 3 rings (SSSR count). The third kappa shape index (κ3) is 6.52. The summed E-state index contributed by atoms with van der Waals surface area (Å²) >= 11 is 0. The van der Waals surface area contributed by atoms with E-state index < -0.39 is 47.2 Å². The number of hydrogen-bond donors (Lipinski definition) is 2. The van der Waals surface area contributed by atoms with Gasteiger partial charge in [-0.25, -0.2) is 9.59 Å². The molecule has 0 fully saturated rings. The lowest BCUT2D eigenvalue weighted by molar-refractivity contribution is -0.139. The highest BCUT2D eigenvalue weighted by atomic mass is 19.4. The summed E-state index contributed by atoms with van der Waals surface area (Å²) in [5.74, 6) is -0.578. The first-order valence-corrected chi connectivity index (χ1v) is 10.4. The van der Waals surface area contributed by atoms with Gasteiger partial charge in [0, 0.05) is 11.9 Å². The monoisotopic (exact) mass is 511 g/mol. The van der Waals surface area contributed by atoms with Crippen molar-refractivity contribution < 1.29 is 40.7 Å². The van der Waals surface area contributed by atoms with E-state index in [-0.39, 0.29) is 23.4 Å². The molecule has 6 nitrogen and oxygen atoms in total. The number of benzene rings is 2. The minimum Gasteiger partial charge on any atom is -0.462 e. The van der Waals surface area contributed by atoms with Gasteiger partial charge in [-0.3, -0.25) is 4.98 Å². The molecule has 0 saturated carbocycles. The fourth-order valence-electron chi connectivity index (χ4n) is 3.26. The van der Waals surface area contributed by atoms with Crippen LogP contribution in [0.2, 0.25) is 0 Å². The first kappa shape index (κ1) is 26.5. The van der Waals surface area contributed by atoms with Crippen LogP contribution >= 0.6 is 0 Å². The van der Waals surface area contributed by atoms with Gasteiger partial charge >= 0.3 is 24.4 Å². The molecular weight excluding hydrogens is 492 g/mol. The van der Waals surface area contributed by atoms with Crippen LogP contribution in [0.25, 0.3) is 0 Å². The normalized spacial score (nSPS) is 12.5. The highest BCUT2D eigenvalue weighted by Gasteiger charge is 2.37. The van der Waals surface area contributed by atoms with Crippen molar-refractivity contribution in [3.8, 4) is 0 Å². The molecule has 12 heteroatoms. The summed E-state index contributed by atoms with van der Waals surface area (Å²) in [5.41, 5.74) is -2.41. The Morgan fingerprint density at radius 1 is 0.917 bits per heavy atom. The zero-order valence-electron chi connectivity index (χ0n) is 18.6. The zero-order chi connectivity index (χ0) is 26.5. The molecule has 1 unspecified atom stereocenters. The van der Waals surface area contributed by atoms with Gasteiger partial charge in [-0.1, -0.05) is 12.1 Å². The molecule has 0 spiro atoms. The second-order valence-electron chi connectivity index (χ2n) is 7.38. The summed E-state index contributed by atoms with van der Waals surface area (Å²) in [4.78, 5) is 28.2. The van der Waals surface area contributed by atoms with Crippen LogP contribution in [-0.2, 0) is 17.1 Å². The Hall–Kier alpha value is -4.09. The average molecular weight is 511 g/mol. The van der Waals surface area contributed by atoms with Crippen LogP contribution in [0.3, 0.4) is 0 Å². The van der Waals surface area contributed by atoms with Crippen LogP contribution < -0.4 is 10.6 Å². The van der Waals surface area contributed by atoms with Crippen molar-refractivity contribution in [1.29, 1.82) is 0 Å². The van der Waals surface area contributed by atoms with E-state index in [9.17, 15) is 35.9 Å². The van der Waals surface area contributed by atoms with E-state index in [0.717, 1.165) is 30.5 Å². The highest BCUT2D eigenvalue weighted by Crippen LogP contribution is 2.36. The van der Waals surface area contributed by atoms with Crippen LogP contribution in [-0.4, -0.2) is 23.6 Å². The zero-order valence-corrected chi connectivity index (χ0v) is 18.6. The van der Waals surface area contributed by atoms with E-state index in [0.29, 0.717) is 12.1 Å². The Bertz CT molecular complexity index is 1210. The molecule has 2 amide bonds. The highest BCUT2D eigenvalue weighted by molar-refractivity contribution is 5.92. The molecule has 36 heavy (non-hydrogen) atoms. The molecule has 190 valence electrons. The minimum atomic E-state index is -4.84. The Kier molecular flexibility index (Phi) is 7.86. The summed E-state index contributed by atoms with van der Waals surface area (Å²) in [5, 5.41) is 4.75. The van der Waals surface area contributed by atoms with E-state index in [2.05, 4.69) is 15.6 Å². The number of anilines is 1. The van der Waals surface area contributed by atoms with Crippen molar-refractivity contribution in [3.63, 3.8) is 0 Å². The Labute approximate surface area is 201 Å². The molecule has 0 saturated heterocycles. The molecule has 3 aromatic rings. The smallest absolute Gasteiger partial charge is 0.418 e. The van der Waals surface area contributed by atoms with E-state index >= 15 is 0 Å². The standard InChI is InChI=1S/C24H19F6N3O3/c1-2-36-21(34)15-7-11-17(12-8-15)32-22(35)33-19(14-5-9-16(10-6-14)23(25,26)27)20-18(24(28,29)30)4-3-13-31-20/h3-13,19H,2H2,1H3,(H2,32,33,35). The second-order valence-corrected chi connectivity index (χ2v) is 7.38. The van der Waals surface area contributed by atoms with E-state index in [4.69, 9.17) is 4.74 Å². The van der Waals surface area contributed by atoms with Crippen molar-refractivity contribution in [1.82, 2.24) is 10.3 Å². The maximum Gasteiger partial charge on any atom is 0.418 e. The number of pyridine rings is 1. The first-order valence-electron chi connectivity index (χ1n) is 10.4. The molecule has 0 radical (unpaired) electrons. The third-order valence-electron chi connectivity index (χ3n) is 4.92. The van der Waals surface area contributed by atoms with Crippen LogP contribution in [0.1, 0.15) is 45.7 Å². The van der Waals surface area contributed by atoms with E-state index in [1.54, 1.807) is 6.92 Å². The number of alkyl halides is 6. The molecule has 0 aliphatic heterocycles. The summed E-state index contributed by atoms with van der Waals surface area (Å²) < 4.78 is 84.7. The van der Waals surface area contributed by atoms with Crippen molar-refractivity contribution in [2.45, 2.75) is 25.3 Å². The number of carbonyl (C=O) groups excluding carboxylic acids is 2. The fourth-order valence-corrected chi connectivity index (χ4v) is 3.26. The van der Waals surface area contributed by atoms with E-state index in [1.165, 1.54) is 24.3 Å². The SMILES string of the molecule is CCOC(=O)c1ccc(NC(=O)NC(c2ccc(C(F)(F)F)cc2)c2ncccc2C(F)(F)F)cc1. The van der Waals surface area contributed by atoms with Gasteiger partial charge < -0.3 is 15.4 Å². The lowest BCUT2D eigenvalue weighted by Gasteiger charge is -2.23. The van der Waals surface area contributed by atoms with Gasteiger partial charge in [0.1, 0.15) is 0 Å². The number of aromatic nitrogens is 1. The summed E-state index contributed by atoms with van der Waals surface area (Å²) in [6.07, 6.45) is -8.42. The van der Waals surface area contributed by atoms with Gasteiger partial charge in [0.2, 0.25) is 0 Å². The number of nitrogens with zero attached hydrogens (tertiary/aromatic N) is 1. The van der Waals surface area contributed by atoms with Gasteiger partial charge in [0.05, 0.1) is 35.0 Å². The van der Waals surface area contributed by atoms with Crippen LogP contribution in [0.5, 0.6) is 0 Å². The van der Waals surface area contributed by atoms with Gasteiger partial charge in [0.25, 0.3) is 0 Å². The lowest BCUT2D eigenvalue weighted by atomic mass is 9.98. The third-order valence-corrected chi connectivity index (χ3v) is 4.92. The second kappa shape index (κ2) is 10.7. The Morgan fingerprint density at radius 2 is 1.56 bits per heavy atom. The summed E-state index contributed by atoms with van der Waals surface area (Å²) in [6.45, 7) is 1.80. The number of amides is 2. The molecule has 0 aliphatic rings. The molecular formula is C24H19F6N3O3. The predicted octanol–water partition coefficient (Wildman–Crippen LogP) is 6.21. The topological polar surface area (TPSA) is 80.3 Å². The van der Waals surface area contributed by atoms with Crippen molar-refractivity contribution in [2.24, 2.45) is 0 Å². The van der Waals surface area contributed by atoms with Gasteiger partial charge in [-0.2, -0.15) is 26.3 Å². The molecule has 0 bridgehead atoms. The minimum absolute atomic E-state index is 0.0555. The summed E-state index contributed by atoms with van der Waals surface area (Å²) in [7, 11) is 0. The number of nitrogens with one attached hydrogen (secondary N) is 2. The maximum atomic E-state index is 13.6. The van der Waals surface area contributed by atoms with Gasteiger partial charge in [-0.05, 0) is 61.0 Å². The average Bonchev–Trinajstić information content (AvgIpc) is 2.82. The molecule has 1 heterocycles. The predicted molar refractivity (Wildman–Crippen MR) is 117 cm³/mol. The molecule has 2 aromatic carbocycles. The van der Waals surface area contributed by atoms with Crippen molar-refractivity contribution >= 4 is 17.7 Å². The van der Waals surface area contributed by atoms with Gasteiger partial charge in [-0.15, -0.1) is 0 Å². The maximum absolute atomic E-state index is 13.6. The van der Waals surface area contributed by atoms with Crippen LogP contribution in [0.15, 0.2) is 66.9 Å². The van der Waals surface area contributed by atoms with Gasteiger partial charge in [0.15, 0.2) is 0 Å². The Morgan fingerprint density at radius 3 is 2.11 bits per heavy atom. The number of ether oxygens (including phenoxy) is 1.